The molecule has 0 aromatic carbocycles. The Hall–Kier alpha value is -1.62. The minimum Gasteiger partial charge on any atom is -0.481 e. The highest BCUT2D eigenvalue weighted by atomic mass is 16.5. The fourth-order valence-corrected chi connectivity index (χ4v) is 1.07. The molecule has 1 aromatic rings. The smallest absolute Gasteiger partial charge is 0.305 e. The molecule has 0 bridgehead atoms. The lowest BCUT2D eigenvalue weighted by molar-refractivity contribution is -0.138. The van der Waals surface area contributed by atoms with Gasteiger partial charge in [-0.2, -0.15) is 0 Å². The third kappa shape index (κ3) is 4.42. The number of aliphatic carboxylic acids is 1. The third-order valence-electron chi connectivity index (χ3n) is 1.84. The number of carboxylic acid groups (broad SMARTS) is 1. The molecule has 0 amide bonds. The number of pyridine rings is 1. The zero-order valence-electron chi connectivity index (χ0n) is 8.26. The monoisotopic (exact) mass is 211 g/mol. The van der Waals surface area contributed by atoms with Crippen LogP contribution in [0.15, 0.2) is 29.2 Å². The Labute approximate surface area is 86.9 Å². The molecule has 0 saturated heterocycles. The van der Waals surface area contributed by atoms with Crippen LogP contribution in [0.5, 0.6) is 0 Å². The number of carbonyl (C=O) groups is 1. The Bertz CT molecular complexity index is 372. The van der Waals surface area contributed by atoms with Crippen LogP contribution in [0.2, 0.25) is 0 Å². The number of nitrogens with zero attached hydrogens (tertiary/aromatic N) is 1. The number of rotatable bonds is 6. The molecule has 82 valence electrons. The van der Waals surface area contributed by atoms with Gasteiger partial charge in [0, 0.05) is 18.8 Å². The van der Waals surface area contributed by atoms with E-state index in [0.717, 1.165) is 0 Å². The van der Waals surface area contributed by atoms with E-state index < -0.39 is 5.97 Å². The second-order valence-electron chi connectivity index (χ2n) is 2.99. The SMILES string of the molecule is O=C(O)CCOCCn1ccccc1=O. The van der Waals surface area contributed by atoms with Crippen LogP contribution in [0.1, 0.15) is 6.42 Å². The maximum atomic E-state index is 11.2. The molecular formula is C10H13NO4. The number of aromatic nitrogens is 1. The van der Waals surface area contributed by atoms with Gasteiger partial charge in [0.1, 0.15) is 0 Å². The molecule has 0 atom stereocenters. The minimum absolute atomic E-state index is 0.0102. The summed E-state index contributed by atoms with van der Waals surface area (Å²) in [6, 6.07) is 4.90. The molecular weight excluding hydrogens is 198 g/mol. The van der Waals surface area contributed by atoms with Crippen LogP contribution >= 0.6 is 0 Å². The van der Waals surface area contributed by atoms with Crippen molar-refractivity contribution in [3.05, 3.63) is 34.7 Å². The Balaban J connectivity index is 2.24. The maximum absolute atomic E-state index is 11.2. The molecule has 0 aliphatic heterocycles. The van der Waals surface area contributed by atoms with Crippen molar-refractivity contribution < 1.29 is 14.6 Å². The molecule has 1 heterocycles. The van der Waals surface area contributed by atoms with E-state index in [9.17, 15) is 9.59 Å². The summed E-state index contributed by atoms with van der Waals surface area (Å²) in [7, 11) is 0. The largest absolute Gasteiger partial charge is 0.481 e. The first kappa shape index (κ1) is 11.5. The summed E-state index contributed by atoms with van der Waals surface area (Å²) < 4.78 is 6.58. The van der Waals surface area contributed by atoms with Crippen LogP contribution in [-0.2, 0) is 16.1 Å². The maximum Gasteiger partial charge on any atom is 0.305 e. The number of hydrogen-bond acceptors (Lipinski definition) is 3. The topological polar surface area (TPSA) is 68.5 Å². The van der Waals surface area contributed by atoms with Gasteiger partial charge in [0.25, 0.3) is 5.56 Å². The van der Waals surface area contributed by atoms with E-state index in [1.54, 1.807) is 18.3 Å². The van der Waals surface area contributed by atoms with Crippen LogP contribution in [0.3, 0.4) is 0 Å². The van der Waals surface area contributed by atoms with Gasteiger partial charge in [0.2, 0.25) is 0 Å². The summed E-state index contributed by atoms with van der Waals surface area (Å²) in [4.78, 5) is 21.4. The van der Waals surface area contributed by atoms with Crippen molar-refractivity contribution in [1.29, 1.82) is 0 Å². The van der Waals surface area contributed by atoms with Crippen molar-refractivity contribution >= 4 is 5.97 Å². The van der Waals surface area contributed by atoms with Crippen LogP contribution in [-0.4, -0.2) is 28.9 Å². The lowest BCUT2D eigenvalue weighted by atomic mass is 10.4. The molecule has 0 fully saturated rings. The summed E-state index contributed by atoms with van der Waals surface area (Å²) in [6.45, 7) is 0.966. The van der Waals surface area contributed by atoms with Gasteiger partial charge in [-0.1, -0.05) is 6.07 Å². The number of hydrogen-bond donors (Lipinski definition) is 1. The lowest BCUT2D eigenvalue weighted by Gasteiger charge is -2.05. The van der Waals surface area contributed by atoms with E-state index in [0.29, 0.717) is 13.2 Å². The van der Waals surface area contributed by atoms with Crippen molar-refractivity contribution in [2.45, 2.75) is 13.0 Å². The van der Waals surface area contributed by atoms with E-state index in [4.69, 9.17) is 9.84 Å². The van der Waals surface area contributed by atoms with Crippen LogP contribution < -0.4 is 5.56 Å². The predicted octanol–water partition coefficient (Wildman–Crippen LogP) is 0.340. The number of ether oxygens (including phenoxy) is 1. The van der Waals surface area contributed by atoms with Crippen LogP contribution in [0, 0.1) is 0 Å². The quantitative estimate of drug-likeness (QED) is 0.689. The molecule has 0 saturated carbocycles. The molecule has 1 rings (SSSR count). The van der Waals surface area contributed by atoms with Crippen molar-refractivity contribution in [3.8, 4) is 0 Å². The summed E-state index contributed by atoms with van der Waals surface area (Å²) in [5.74, 6) is -0.883. The summed E-state index contributed by atoms with van der Waals surface area (Å²) in [5, 5.41) is 8.34. The molecule has 0 radical (unpaired) electrons. The average molecular weight is 211 g/mol. The van der Waals surface area contributed by atoms with Gasteiger partial charge in [-0.25, -0.2) is 0 Å². The van der Waals surface area contributed by atoms with Gasteiger partial charge >= 0.3 is 5.97 Å². The molecule has 1 aromatic heterocycles. The van der Waals surface area contributed by atoms with E-state index in [1.807, 2.05) is 0 Å². The normalized spacial score (nSPS) is 10.1. The van der Waals surface area contributed by atoms with Crippen LogP contribution in [0.4, 0.5) is 0 Å². The summed E-state index contributed by atoms with van der Waals surface area (Å²) in [6.07, 6.45) is 1.66. The molecule has 0 aliphatic carbocycles. The molecule has 5 nitrogen and oxygen atoms in total. The Kier molecular flexibility index (Phi) is 4.56. The second kappa shape index (κ2) is 5.98. The molecule has 5 heteroatoms. The predicted molar refractivity (Wildman–Crippen MR) is 53.8 cm³/mol. The highest BCUT2D eigenvalue weighted by Crippen LogP contribution is 1.86. The van der Waals surface area contributed by atoms with Gasteiger partial charge in [-0.3, -0.25) is 9.59 Å². The first-order valence-electron chi connectivity index (χ1n) is 4.65. The van der Waals surface area contributed by atoms with Gasteiger partial charge in [0.05, 0.1) is 19.6 Å². The summed E-state index contributed by atoms with van der Waals surface area (Å²) >= 11 is 0. The molecule has 0 aliphatic rings. The highest BCUT2D eigenvalue weighted by molar-refractivity contribution is 5.66. The Morgan fingerprint density at radius 1 is 1.40 bits per heavy atom. The van der Waals surface area contributed by atoms with Crippen LogP contribution in [0.25, 0.3) is 0 Å². The van der Waals surface area contributed by atoms with Gasteiger partial charge < -0.3 is 14.4 Å². The average Bonchev–Trinajstić information content (AvgIpc) is 2.20. The van der Waals surface area contributed by atoms with E-state index >= 15 is 0 Å². The molecule has 0 unspecified atom stereocenters. The fraction of sp³-hybridized carbons (Fsp3) is 0.400. The van der Waals surface area contributed by atoms with Gasteiger partial charge in [-0.05, 0) is 6.07 Å². The van der Waals surface area contributed by atoms with Crippen molar-refractivity contribution in [1.82, 2.24) is 4.57 Å². The molecule has 15 heavy (non-hydrogen) atoms. The fourth-order valence-electron chi connectivity index (χ4n) is 1.07. The van der Waals surface area contributed by atoms with E-state index in [-0.39, 0.29) is 18.6 Å². The molecule has 1 N–H and O–H groups in total. The standard InChI is InChI=1S/C10H13NO4/c12-9-3-1-2-5-11(9)6-8-15-7-4-10(13)14/h1-3,5H,4,6-8H2,(H,13,14). The third-order valence-corrected chi connectivity index (χ3v) is 1.84. The lowest BCUT2D eigenvalue weighted by Crippen LogP contribution is -2.20. The van der Waals surface area contributed by atoms with E-state index in [2.05, 4.69) is 0 Å². The zero-order chi connectivity index (χ0) is 11.1. The zero-order valence-corrected chi connectivity index (χ0v) is 8.26. The first-order chi connectivity index (χ1) is 7.20. The molecule has 0 spiro atoms. The van der Waals surface area contributed by atoms with Crippen molar-refractivity contribution in [3.63, 3.8) is 0 Å². The van der Waals surface area contributed by atoms with E-state index in [1.165, 1.54) is 10.6 Å². The van der Waals surface area contributed by atoms with Gasteiger partial charge in [0.15, 0.2) is 0 Å². The number of carboxylic acids is 1. The van der Waals surface area contributed by atoms with Gasteiger partial charge in [-0.15, -0.1) is 0 Å². The summed E-state index contributed by atoms with van der Waals surface area (Å²) in [5.41, 5.74) is -0.0839. The second-order valence-corrected chi connectivity index (χ2v) is 2.99. The Morgan fingerprint density at radius 3 is 2.87 bits per heavy atom. The first-order valence-corrected chi connectivity index (χ1v) is 4.65. The highest BCUT2D eigenvalue weighted by Gasteiger charge is 1.97. The Morgan fingerprint density at radius 2 is 2.20 bits per heavy atom. The van der Waals surface area contributed by atoms with Crippen molar-refractivity contribution in [2.75, 3.05) is 13.2 Å². The minimum atomic E-state index is -0.883. The van der Waals surface area contributed by atoms with Crippen molar-refractivity contribution in [2.24, 2.45) is 0 Å².